The van der Waals surface area contributed by atoms with E-state index in [1.807, 2.05) is 0 Å². The zero-order chi connectivity index (χ0) is 21.0. The molecule has 1 atom stereocenters. The minimum atomic E-state index is -0.841. The molecule has 0 fully saturated rings. The predicted molar refractivity (Wildman–Crippen MR) is 102 cm³/mol. The summed E-state index contributed by atoms with van der Waals surface area (Å²) >= 11 is 0. The van der Waals surface area contributed by atoms with Crippen molar-refractivity contribution in [2.24, 2.45) is 0 Å². The molecular weight excluding hydrogens is 364 g/mol. The van der Waals surface area contributed by atoms with E-state index in [1.54, 1.807) is 40.7 Å². The van der Waals surface area contributed by atoms with Gasteiger partial charge in [-0.05, 0) is 40.2 Å². The molecule has 1 aromatic rings. The molecule has 0 spiro atoms. The quantitative estimate of drug-likeness (QED) is 0.452. The van der Waals surface area contributed by atoms with Gasteiger partial charge in [0.15, 0.2) is 0 Å². The van der Waals surface area contributed by atoms with Gasteiger partial charge in [-0.3, -0.25) is 10.1 Å². The Morgan fingerprint density at radius 1 is 1.18 bits per heavy atom. The molecule has 0 radical (unpaired) electrons. The third kappa shape index (κ3) is 4.39. The van der Waals surface area contributed by atoms with E-state index in [9.17, 15) is 19.7 Å². The summed E-state index contributed by atoms with van der Waals surface area (Å²) in [4.78, 5) is 36.2. The summed E-state index contributed by atoms with van der Waals surface area (Å²) in [5.74, 6) is -2.02. The Bertz CT molecular complexity index is 869. The predicted octanol–water partition coefficient (Wildman–Crippen LogP) is 3.34. The van der Waals surface area contributed by atoms with Crippen molar-refractivity contribution in [2.75, 3.05) is 6.61 Å². The van der Waals surface area contributed by atoms with Crippen molar-refractivity contribution >= 4 is 17.6 Å². The first-order chi connectivity index (χ1) is 13.2. The van der Waals surface area contributed by atoms with Crippen LogP contribution in [0, 0.1) is 10.1 Å². The van der Waals surface area contributed by atoms with Crippen molar-refractivity contribution in [3.8, 4) is 0 Å². The van der Waals surface area contributed by atoms with Crippen LogP contribution in [0.3, 0.4) is 0 Å². The number of carbonyl (C=O) groups is 2. The van der Waals surface area contributed by atoms with E-state index < -0.39 is 22.8 Å². The van der Waals surface area contributed by atoms with Crippen molar-refractivity contribution in [3.63, 3.8) is 0 Å². The summed E-state index contributed by atoms with van der Waals surface area (Å²) in [7, 11) is 0. The summed E-state index contributed by atoms with van der Waals surface area (Å²) < 4.78 is 10.5. The van der Waals surface area contributed by atoms with Gasteiger partial charge in [0, 0.05) is 23.5 Å². The summed E-state index contributed by atoms with van der Waals surface area (Å²) in [6.45, 7) is 8.68. The van der Waals surface area contributed by atoms with Crippen LogP contribution in [0.15, 0.2) is 46.8 Å². The van der Waals surface area contributed by atoms with Crippen LogP contribution in [0.25, 0.3) is 0 Å². The largest absolute Gasteiger partial charge is 0.463 e. The molecule has 150 valence electrons. The van der Waals surface area contributed by atoms with Crippen LogP contribution < -0.4 is 5.32 Å². The fraction of sp³-hybridized carbons (Fsp3) is 0.400. The van der Waals surface area contributed by atoms with Gasteiger partial charge in [0.25, 0.3) is 5.69 Å². The number of esters is 2. The van der Waals surface area contributed by atoms with E-state index in [0.29, 0.717) is 17.0 Å². The first kappa shape index (κ1) is 21.1. The number of nitro benzene ring substituents is 1. The molecule has 0 amide bonds. The normalized spacial score (nSPS) is 16.7. The average molecular weight is 388 g/mol. The lowest BCUT2D eigenvalue weighted by Gasteiger charge is -2.30. The average Bonchev–Trinajstić information content (AvgIpc) is 2.60. The lowest BCUT2D eigenvalue weighted by molar-refractivity contribution is -0.384. The molecule has 0 aromatic heterocycles. The highest BCUT2D eigenvalue weighted by atomic mass is 16.6. The van der Waals surface area contributed by atoms with Crippen LogP contribution in [0.1, 0.15) is 46.1 Å². The van der Waals surface area contributed by atoms with Crippen LogP contribution in [0.2, 0.25) is 0 Å². The number of non-ortho nitro benzene ring substituents is 1. The number of allylic oxidation sites excluding steroid dienone is 2. The second kappa shape index (κ2) is 8.69. The van der Waals surface area contributed by atoms with Crippen molar-refractivity contribution < 1.29 is 24.0 Å². The number of hydrogen-bond acceptors (Lipinski definition) is 7. The summed E-state index contributed by atoms with van der Waals surface area (Å²) in [6.07, 6.45) is -0.364. The van der Waals surface area contributed by atoms with Crippen LogP contribution >= 0.6 is 0 Å². The minimum absolute atomic E-state index is 0.133. The minimum Gasteiger partial charge on any atom is -0.463 e. The number of rotatable bonds is 6. The molecule has 28 heavy (non-hydrogen) atoms. The molecule has 0 saturated heterocycles. The zero-order valence-electron chi connectivity index (χ0n) is 16.6. The molecule has 1 aliphatic heterocycles. The zero-order valence-corrected chi connectivity index (χ0v) is 16.6. The third-order valence-electron chi connectivity index (χ3n) is 4.23. The standard InChI is InChI=1S/C20H24N2O6/c1-6-27-19(23)16-12(4)21-13(5)17(20(24)28-11(2)3)18(16)14-8-7-9-15(10-14)22(25)26/h7-11,18,21H,6H2,1-5H3. The fourth-order valence-corrected chi connectivity index (χ4v) is 3.17. The summed E-state index contributed by atoms with van der Waals surface area (Å²) in [6, 6.07) is 5.88. The fourth-order valence-electron chi connectivity index (χ4n) is 3.17. The number of nitrogens with zero attached hydrogens (tertiary/aromatic N) is 1. The maximum atomic E-state index is 12.8. The molecule has 1 heterocycles. The van der Waals surface area contributed by atoms with Crippen LogP contribution in [-0.4, -0.2) is 29.6 Å². The molecule has 0 saturated carbocycles. The molecule has 8 heteroatoms. The maximum absolute atomic E-state index is 12.8. The number of ether oxygens (including phenoxy) is 2. The van der Waals surface area contributed by atoms with Crippen LogP contribution in [0.4, 0.5) is 5.69 Å². The number of hydrogen-bond donors (Lipinski definition) is 1. The van der Waals surface area contributed by atoms with E-state index in [4.69, 9.17) is 9.47 Å². The molecule has 2 rings (SSSR count). The SMILES string of the molecule is CCOC(=O)C1=C(C)NC(C)=C(C(=O)OC(C)C)C1c1cccc([N+](=O)[O-])c1. The van der Waals surface area contributed by atoms with E-state index >= 15 is 0 Å². The van der Waals surface area contributed by atoms with Gasteiger partial charge >= 0.3 is 11.9 Å². The van der Waals surface area contributed by atoms with Crippen LogP contribution in [0.5, 0.6) is 0 Å². The van der Waals surface area contributed by atoms with Gasteiger partial charge < -0.3 is 14.8 Å². The first-order valence-electron chi connectivity index (χ1n) is 8.98. The van der Waals surface area contributed by atoms with E-state index in [2.05, 4.69) is 5.32 Å². The van der Waals surface area contributed by atoms with Gasteiger partial charge in [-0.1, -0.05) is 12.1 Å². The van der Waals surface area contributed by atoms with E-state index in [-0.39, 0.29) is 29.5 Å². The van der Waals surface area contributed by atoms with Gasteiger partial charge in [-0.15, -0.1) is 0 Å². The highest BCUT2D eigenvalue weighted by Crippen LogP contribution is 2.40. The molecule has 0 aliphatic carbocycles. The summed E-state index contributed by atoms with van der Waals surface area (Å²) in [5, 5.41) is 14.3. The van der Waals surface area contributed by atoms with E-state index in [0.717, 1.165) is 0 Å². The lowest BCUT2D eigenvalue weighted by atomic mass is 9.80. The van der Waals surface area contributed by atoms with Gasteiger partial charge in [-0.25, -0.2) is 9.59 Å². The third-order valence-corrected chi connectivity index (χ3v) is 4.23. The maximum Gasteiger partial charge on any atom is 0.337 e. The second-order valence-corrected chi connectivity index (χ2v) is 6.66. The molecule has 0 bridgehead atoms. The Labute approximate surface area is 163 Å². The Morgan fingerprint density at radius 2 is 1.79 bits per heavy atom. The molecule has 1 aliphatic rings. The first-order valence-corrected chi connectivity index (χ1v) is 8.98. The topological polar surface area (TPSA) is 108 Å². The summed E-state index contributed by atoms with van der Waals surface area (Å²) in [5.41, 5.74) is 1.80. The van der Waals surface area contributed by atoms with Gasteiger partial charge in [0.2, 0.25) is 0 Å². The monoisotopic (exact) mass is 388 g/mol. The van der Waals surface area contributed by atoms with Gasteiger partial charge in [0.05, 0.1) is 34.7 Å². The van der Waals surface area contributed by atoms with Gasteiger partial charge in [0.1, 0.15) is 0 Å². The van der Waals surface area contributed by atoms with Crippen molar-refractivity contribution in [1.29, 1.82) is 0 Å². The highest BCUT2D eigenvalue weighted by molar-refractivity contribution is 6.00. The Hall–Kier alpha value is -3.16. The Kier molecular flexibility index (Phi) is 6.56. The van der Waals surface area contributed by atoms with Crippen LogP contribution in [-0.2, 0) is 19.1 Å². The van der Waals surface area contributed by atoms with Crippen molar-refractivity contribution in [1.82, 2.24) is 5.32 Å². The number of nitro groups is 1. The lowest BCUT2D eigenvalue weighted by Crippen LogP contribution is -2.33. The number of nitrogens with one attached hydrogen (secondary N) is 1. The van der Waals surface area contributed by atoms with Crippen molar-refractivity contribution in [3.05, 3.63) is 62.5 Å². The smallest absolute Gasteiger partial charge is 0.337 e. The molecule has 1 N–H and O–H groups in total. The number of carbonyl (C=O) groups excluding carboxylic acids is 2. The van der Waals surface area contributed by atoms with Gasteiger partial charge in [-0.2, -0.15) is 0 Å². The van der Waals surface area contributed by atoms with E-state index in [1.165, 1.54) is 18.2 Å². The molecular formula is C20H24N2O6. The number of benzene rings is 1. The molecule has 1 unspecified atom stereocenters. The molecule has 8 nitrogen and oxygen atoms in total. The second-order valence-electron chi connectivity index (χ2n) is 6.66. The number of dihydropyridines is 1. The Balaban J connectivity index is 2.68. The Morgan fingerprint density at radius 3 is 2.32 bits per heavy atom. The van der Waals surface area contributed by atoms with Crippen molar-refractivity contribution in [2.45, 2.75) is 46.6 Å². The molecule has 1 aromatic carbocycles. The highest BCUT2D eigenvalue weighted by Gasteiger charge is 2.38.